The average Bonchev–Trinajstić information content (AvgIpc) is 2.93. The first-order valence-electron chi connectivity index (χ1n) is 13.1. The summed E-state index contributed by atoms with van der Waals surface area (Å²) in [6, 6.07) is 10.7. The van der Waals surface area contributed by atoms with E-state index in [-0.39, 0.29) is 18.2 Å². The number of carbonyl (C=O) groups is 2. The molecule has 2 rings (SSSR count). The fourth-order valence-electron chi connectivity index (χ4n) is 3.57. The minimum Gasteiger partial charge on any atom is -0.481 e. The van der Waals surface area contributed by atoms with Crippen molar-refractivity contribution in [3.63, 3.8) is 0 Å². The Hall–Kier alpha value is -4.21. The van der Waals surface area contributed by atoms with E-state index in [9.17, 15) is 9.18 Å². The quantitative estimate of drug-likeness (QED) is 0.136. The van der Waals surface area contributed by atoms with Crippen LogP contribution in [0.15, 0.2) is 96.3 Å². The molecule has 8 nitrogen and oxygen atoms in total. The summed E-state index contributed by atoms with van der Waals surface area (Å²) in [5.41, 5.74) is 15.1. The maximum absolute atomic E-state index is 13.6. The molecule has 1 aromatic heterocycles. The summed E-state index contributed by atoms with van der Waals surface area (Å²) in [5.74, 6) is 0.193. The van der Waals surface area contributed by atoms with Crippen LogP contribution in [0, 0.1) is 11.7 Å². The van der Waals surface area contributed by atoms with Crippen LogP contribution in [0.3, 0.4) is 0 Å². The molecule has 1 heterocycles. The second-order valence-corrected chi connectivity index (χ2v) is 9.37. The lowest BCUT2D eigenvalue weighted by Gasteiger charge is -2.21. The van der Waals surface area contributed by atoms with E-state index in [0.717, 1.165) is 28.5 Å². The number of carboxylic acid groups (broad SMARTS) is 1. The Morgan fingerprint density at radius 3 is 2.24 bits per heavy atom. The maximum atomic E-state index is 13.6. The zero-order valence-corrected chi connectivity index (χ0v) is 24.8. The van der Waals surface area contributed by atoms with Gasteiger partial charge < -0.3 is 26.3 Å². The van der Waals surface area contributed by atoms with Gasteiger partial charge in [0.2, 0.25) is 0 Å². The van der Waals surface area contributed by atoms with Gasteiger partial charge in [-0.15, -0.1) is 6.58 Å². The van der Waals surface area contributed by atoms with E-state index in [1.54, 1.807) is 30.5 Å². The predicted molar refractivity (Wildman–Crippen MR) is 168 cm³/mol. The molecule has 0 aliphatic carbocycles. The Morgan fingerprint density at radius 2 is 1.76 bits per heavy atom. The maximum Gasteiger partial charge on any atom is 0.304 e. The molecule has 1 aromatic carbocycles. The standard InChI is InChI=1S/C28H36FN5O2.C3H6.CH2O/c1-18(2)28(33-20(4)34(5)26-8-6-7-15-32-26)25(19(3)21-9-11-22(29)12-10-21)14-13-23(30)16-24(31)17-27(35)36;1-3-2;1-2/h6-15,18,23-24H,3,16-17,30-31H2,1-2,4-5H3,(H,35,36);3H,1H2,2H3;1H2/b14-13+,28-25-,33-20?;;. The van der Waals surface area contributed by atoms with Gasteiger partial charge in [0.05, 0.1) is 12.1 Å². The first-order valence-corrected chi connectivity index (χ1v) is 13.1. The Kier molecular flexibility index (Phi) is 17.8. The van der Waals surface area contributed by atoms with Gasteiger partial charge in [0, 0.05) is 30.9 Å². The molecule has 222 valence electrons. The molecule has 2 unspecified atom stereocenters. The molecule has 41 heavy (non-hydrogen) atoms. The number of aliphatic imine (C=N–C) groups is 1. The third-order valence-electron chi connectivity index (χ3n) is 5.62. The van der Waals surface area contributed by atoms with Crippen molar-refractivity contribution in [2.75, 3.05) is 11.9 Å². The molecule has 2 aromatic rings. The number of allylic oxidation sites excluding steroid dienone is 5. The predicted octanol–water partition coefficient (Wildman–Crippen LogP) is 5.78. The molecule has 2 atom stereocenters. The van der Waals surface area contributed by atoms with Gasteiger partial charge in [-0.25, -0.2) is 14.4 Å². The van der Waals surface area contributed by atoms with Gasteiger partial charge in [-0.2, -0.15) is 0 Å². The number of nitrogens with two attached hydrogens (primary N) is 2. The van der Waals surface area contributed by atoms with Crippen molar-refractivity contribution < 1.29 is 19.1 Å². The molecule has 0 bridgehead atoms. The zero-order valence-electron chi connectivity index (χ0n) is 24.8. The molecule has 0 aliphatic heterocycles. The minimum absolute atomic E-state index is 0.0134. The monoisotopic (exact) mass is 565 g/mol. The summed E-state index contributed by atoms with van der Waals surface area (Å²) in [6.45, 7) is 17.5. The van der Waals surface area contributed by atoms with Crippen molar-refractivity contribution in [2.45, 2.75) is 52.6 Å². The number of hydrogen-bond donors (Lipinski definition) is 3. The summed E-state index contributed by atoms with van der Waals surface area (Å²) in [6.07, 6.45) is 7.24. The van der Waals surface area contributed by atoms with Crippen LogP contribution in [0.2, 0.25) is 0 Å². The number of pyridine rings is 1. The molecule has 0 saturated heterocycles. The van der Waals surface area contributed by atoms with E-state index in [4.69, 9.17) is 26.4 Å². The van der Waals surface area contributed by atoms with Crippen molar-refractivity contribution in [3.8, 4) is 0 Å². The van der Waals surface area contributed by atoms with E-state index in [2.05, 4.69) is 18.1 Å². The lowest BCUT2D eigenvalue weighted by molar-refractivity contribution is -0.137. The average molecular weight is 566 g/mol. The Labute approximate surface area is 243 Å². The highest BCUT2D eigenvalue weighted by Gasteiger charge is 2.17. The van der Waals surface area contributed by atoms with Crippen molar-refractivity contribution in [3.05, 3.63) is 103 Å². The highest BCUT2D eigenvalue weighted by molar-refractivity contribution is 5.95. The molecule has 0 spiro atoms. The molecule has 0 amide bonds. The van der Waals surface area contributed by atoms with Gasteiger partial charge in [0.1, 0.15) is 24.3 Å². The molecule has 0 saturated carbocycles. The number of aliphatic carboxylic acids is 1. The van der Waals surface area contributed by atoms with Gasteiger partial charge in [-0.1, -0.05) is 56.9 Å². The molecule has 5 N–H and O–H groups in total. The summed E-state index contributed by atoms with van der Waals surface area (Å²) in [5, 5.41) is 8.97. The summed E-state index contributed by atoms with van der Waals surface area (Å²) >= 11 is 0. The minimum atomic E-state index is -0.965. The van der Waals surface area contributed by atoms with Crippen LogP contribution >= 0.6 is 0 Å². The number of halogens is 1. The highest BCUT2D eigenvalue weighted by atomic mass is 19.1. The summed E-state index contributed by atoms with van der Waals surface area (Å²) < 4.78 is 13.6. The summed E-state index contributed by atoms with van der Waals surface area (Å²) in [7, 11) is 1.89. The molecule has 0 radical (unpaired) electrons. The van der Waals surface area contributed by atoms with E-state index >= 15 is 0 Å². The lowest BCUT2D eigenvalue weighted by Crippen LogP contribution is -2.32. The normalized spacial score (nSPS) is 13.1. The van der Waals surface area contributed by atoms with Gasteiger partial charge in [0.15, 0.2) is 0 Å². The Morgan fingerprint density at radius 1 is 1.17 bits per heavy atom. The van der Waals surface area contributed by atoms with E-state index in [1.807, 2.05) is 70.7 Å². The van der Waals surface area contributed by atoms with E-state index in [1.165, 1.54) is 12.1 Å². The van der Waals surface area contributed by atoms with Crippen molar-refractivity contribution >= 4 is 30.0 Å². The topological polar surface area (TPSA) is 135 Å². The fraction of sp³-hybridized carbons (Fsp3) is 0.312. The van der Waals surface area contributed by atoms with Crippen LogP contribution in [0.4, 0.5) is 10.2 Å². The fourth-order valence-corrected chi connectivity index (χ4v) is 3.57. The number of carboxylic acids is 1. The van der Waals surface area contributed by atoms with Gasteiger partial charge in [0.25, 0.3) is 0 Å². The van der Waals surface area contributed by atoms with Crippen LogP contribution in [0.25, 0.3) is 5.57 Å². The smallest absolute Gasteiger partial charge is 0.304 e. The lowest BCUT2D eigenvalue weighted by atomic mass is 9.92. The number of rotatable bonds is 11. The Balaban J connectivity index is 0.00000299. The molecular formula is C32H44FN5O3. The van der Waals surface area contributed by atoms with Crippen LogP contribution in [0.5, 0.6) is 0 Å². The molecule has 0 aliphatic rings. The van der Waals surface area contributed by atoms with Gasteiger partial charge in [-0.05, 0) is 61.6 Å². The number of aromatic nitrogens is 1. The number of hydrogen-bond acceptors (Lipinski definition) is 6. The largest absolute Gasteiger partial charge is 0.481 e. The first-order chi connectivity index (χ1) is 19.4. The second kappa shape index (κ2) is 19.8. The number of amidine groups is 1. The van der Waals surface area contributed by atoms with E-state index < -0.39 is 18.1 Å². The van der Waals surface area contributed by atoms with Crippen LogP contribution in [-0.4, -0.2) is 47.8 Å². The number of benzene rings is 1. The molecular weight excluding hydrogens is 521 g/mol. The second-order valence-electron chi connectivity index (χ2n) is 9.37. The van der Waals surface area contributed by atoms with Crippen LogP contribution in [0.1, 0.15) is 46.1 Å². The van der Waals surface area contributed by atoms with Gasteiger partial charge >= 0.3 is 5.97 Å². The van der Waals surface area contributed by atoms with Crippen LogP contribution in [-0.2, 0) is 9.59 Å². The highest BCUT2D eigenvalue weighted by Crippen LogP contribution is 2.30. The molecule has 0 fully saturated rings. The third kappa shape index (κ3) is 13.6. The van der Waals surface area contributed by atoms with Crippen molar-refractivity contribution in [1.29, 1.82) is 0 Å². The number of nitrogens with zero attached hydrogens (tertiary/aromatic N) is 3. The number of carbonyl (C=O) groups excluding carboxylic acids is 1. The van der Waals surface area contributed by atoms with Crippen molar-refractivity contribution in [2.24, 2.45) is 22.4 Å². The Bertz CT molecular complexity index is 1190. The van der Waals surface area contributed by atoms with Crippen molar-refractivity contribution in [1.82, 2.24) is 4.98 Å². The van der Waals surface area contributed by atoms with E-state index in [0.29, 0.717) is 12.0 Å². The van der Waals surface area contributed by atoms with Crippen LogP contribution < -0.4 is 16.4 Å². The first kappa shape index (κ1) is 36.8. The number of anilines is 1. The zero-order chi connectivity index (χ0) is 31.5. The SMILES string of the molecule is C=C(C(/C=C/C(N)CC(N)CC(=O)O)=C(\N=C(C)N(C)c1ccccn1)C(C)C)c1ccc(F)cc1.C=CC.C=O. The summed E-state index contributed by atoms with van der Waals surface area (Å²) in [4.78, 5) is 30.2. The van der Waals surface area contributed by atoms with Gasteiger partial charge in [-0.3, -0.25) is 4.79 Å². The third-order valence-corrected chi connectivity index (χ3v) is 5.62. The molecule has 9 heteroatoms.